The lowest BCUT2D eigenvalue weighted by atomic mass is 9.84. The van der Waals surface area contributed by atoms with E-state index < -0.39 is 0 Å². The summed E-state index contributed by atoms with van der Waals surface area (Å²) in [6.07, 6.45) is 1.73. The molecule has 2 N–H and O–H groups in total. The van der Waals surface area contributed by atoms with Gasteiger partial charge < -0.3 is 10.2 Å². The molecule has 4 nitrogen and oxygen atoms in total. The number of benzene rings is 1. The first-order valence-electron chi connectivity index (χ1n) is 7.30. The summed E-state index contributed by atoms with van der Waals surface area (Å²) in [6.45, 7) is 4.21. The highest BCUT2D eigenvalue weighted by atomic mass is 16.4. The molecule has 0 amide bonds. The number of aromatic nitrogens is 2. The Hall–Kier alpha value is -2.36. The zero-order chi connectivity index (χ0) is 14.6. The van der Waals surface area contributed by atoms with Crippen molar-refractivity contribution in [3.63, 3.8) is 0 Å². The Labute approximate surface area is 122 Å². The summed E-state index contributed by atoms with van der Waals surface area (Å²) in [6, 6.07) is 8.25. The van der Waals surface area contributed by atoms with Gasteiger partial charge in [-0.3, -0.25) is 4.98 Å². The third kappa shape index (κ3) is 1.68. The predicted molar refractivity (Wildman–Crippen MR) is 84.1 cm³/mol. The molecule has 0 radical (unpaired) electrons. The van der Waals surface area contributed by atoms with Gasteiger partial charge >= 0.3 is 0 Å². The van der Waals surface area contributed by atoms with E-state index in [0.29, 0.717) is 5.92 Å². The van der Waals surface area contributed by atoms with Crippen LogP contribution in [-0.2, 0) is 6.42 Å². The van der Waals surface area contributed by atoms with Crippen molar-refractivity contribution in [3.8, 4) is 0 Å². The first-order chi connectivity index (χ1) is 10.2. The molecule has 4 rings (SSSR count). The van der Waals surface area contributed by atoms with Crippen LogP contribution in [0, 0.1) is 12.8 Å². The number of aryl methyl sites for hydroxylation is 1. The van der Waals surface area contributed by atoms with E-state index >= 15 is 0 Å². The maximum atomic E-state index is 9.44. The number of rotatable bonds is 0. The Bertz CT molecular complexity index is 892. The first-order valence-corrected chi connectivity index (χ1v) is 7.30. The fourth-order valence-corrected chi connectivity index (χ4v) is 3.52. The van der Waals surface area contributed by atoms with Gasteiger partial charge in [-0.2, -0.15) is 0 Å². The van der Waals surface area contributed by atoms with E-state index in [4.69, 9.17) is 4.98 Å². The average Bonchev–Trinajstić information content (AvgIpc) is 2.86. The average molecular weight is 279 g/mol. The molecule has 1 aromatic carbocycles. The third-order valence-corrected chi connectivity index (χ3v) is 4.40. The van der Waals surface area contributed by atoms with Gasteiger partial charge in [-0.05, 0) is 31.7 Å². The second kappa shape index (κ2) is 4.32. The third-order valence-electron chi connectivity index (χ3n) is 4.40. The number of aromatic amines is 1. The number of pyridine rings is 1. The first kappa shape index (κ1) is 12.4. The number of H-pyrrole nitrogens is 1. The molecular weight excluding hydrogens is 262 g/mol. The molecule has 1 atom stereocenters. The van der Waals surface area contributed by atoms with Crippen LogP contribution in [0.15, 0.2) is 29.4 Å². The van der Waals surface area contributed by atoms with Gasteiger partial charge in [-0.15, -0.1) is 0 Å². The van der Waals surface area contributed by atoms with Crippen LogP contribution in [-0.4, -0.2) is 20.9 Å². The van der Waals surface area contributed by atoms with Crippen LogP contribution < -0.4 is 0 Å². The van der Waals surface area contributed by atoms with Gasteiger partial charge in [0.15, 0.2) is 0 Å². The second-order valence-electron chi connectivity index (χ2n) is 6.00. The fraction of sp³-hybridized carbons (Fsp3) is 0.294. The molecule has 1 aliphatic rings. The van der Waals surface area contributed by atoms with Crippen molar-refractivity contribution in [1.29, 1.82) is 0 Å². The zero-order valence-corrected chi connectivity index (χ0v) is 12.1. The molecule has 0 spiro atoms. The van der Waals surface area contributed by atoms with E-state index in [-0.39, 0.29) is 0 Å². The number of fused-ring (bicyclic) bond motifs is 5. The summed E-state index contributed by atoms with van der Waals surface area (Å²) in [4.78, 5) is 8.22. The Balaban J connectivity index is 2.21. The number of nitrogens with zero attached hydrogens (tertiary/aromatic N) is 2. The van der Waals surface area contributed by atoms with Crippen LogP contribution in [0.2, 0.25) is 0 Å². The number of para-hydroxylation sites is 1. The van der Waals surface area contributed by atoms with Crippen molar-refractivity contribution < 1.29 is 5.21 Å². The van der Waals surface area contributed by atoms with Crippen LogP contribution in [0.1, 0.15) is 30.3 Å². The SMILES string of the molecule is Cc1nc2c(c3c1[nH]c1ccccc13)/C(=N/O)CC(C)C2. The summed E-state index contributed by atoms with van der Waals surface area (Å²) >= 11 is 0. The van der Waals surface area contributed by atoms with Crippen molar-refractivity contribution in [2.45, 2.75) is 26.7 Å². The topological polar surface area (TPSA) is 61.3 Å². The molecule has 1 unspecified atom stereocenters. The van der Waals surface area contributed by atoms with E-state index in [1.807, 2.05) is 19.1 Å². The summed E-state index contributed by atoms with van der Waals surface area (Å²) in [5.41, 5.74) is 5.98. The standard InChI is InChI=1S/C17H17N3O/c1-9-7-13-16(14(8-9)20-21)15-11-5-3-4-6-12(11)19-17(15)10(2)18-13/h3-6,9,19,21H,7-8H2,1-2H3/b20-14+. The minimum atomic E-state index is 0.456. The van der Waals surface area contributed by atoms with Crippen molar-refractivity contribution in [3.05, 3.63) is 41.2 Å². The molecule has 4 heteroatoms. The number of hydrogen-bond donors (Lipinski definition) is 2. The maximum absolute atomic E-state index is 9.44. The largest absolute Gasteiger partial charge is 0.411 e. The van der Waals surface area contributed by atoms with Gasteiger partial charge in [0.2, 0.25) is 0 Å². The molecule has 21 heavy (non-hydrogen) atoms. The molecule has 0 saturated carbocycles. The van der Waals surface area contributed by atoms with Gasteiger partial charge in [0, 0.05) is 21.9 Å². The molecule has 0 fully saturated rings. The van der Waals surface area contributed by atoms with Gasteiger partial charge in [-0.1, -0.05) is 30.3 Å². The van der Waals surface area contributed by atoms with Crippen LogP contribution in [0.3, 0.4) is 0 Å². The predicted octanol–water partition coefficient (Wildman–Crippen LogP) is 3.79. The van der Waals surface area contributed by atoms with Gasteiger partial charge in [0.25, 0.3) is 0 Å². The monoisotopic (exact) mass is 279 g/mol. The molecule has 2 heterocycles. The van der Waals surface area contributed by atoms with E-state index in [1.54, 1.807) is 0 Å². The molecule has 0 saturated heterocycles. The molecule has 0 bridgehead atoms. The fourth-order valence-electron chi connectivity index (χ4n) is 3.52. The summed E-state index contributed by atoms with van der Waals surface area (Å²) < 4.78 is 0. The molecule has 1 aliphatic carbocycles. The van der Waals surface area contributed by atoms with Gasteiger partial charge in [0.05, 0.1) is 22.6 Å². The number of oxime groups is 1. The van der Waals surface area contributed by atoms with E-state index in [2.05, 4.69) is 29.2 Å². The van der Waals surface area contributed by atoms with Crippen LogP contribution in [0.5, 0.6) is 0 Å². The van der Waals surface area contributed by atoms with E-state index in [0.717, 1.165) is 51.9 Å². The van der Waals surface area contributed by atoms with Crippen LogP contribution >= 0.6 is 0 Å². The summed E-state index contributed by atoms with van der Waals surface area (Å²) in [7, 11) is 0. The normalized spacial score (nSPS) is 20.3. The molecule has 2 aromatic heterocycles. The Morgan fingerprint density at radius 2 is 2.10 bits per heavy atom. The van der Waals surface area contributed by atoms with Crippen LogP contribution in [0.25, 0.3) is 21.8 Å². The smallest absolute Gasteiger partial charge is 0.0895 e. The highest BCUT2D eigenvalue weighted by Gasteiger charge is 2.27. The van der Waals surface area contributed by atoms with Crippen molar-refractivity contribution in [1.82, 2.24) is 9.97 Å². The molecular formula is C17H17N3O. The Morgan fingerprint density at radius 1 is 1.29 bits per heavy atom. The summed E-state index contributed by atoms with van der Waals surface area (Å²) in [5.74, 6) is 0.456. The quantitative estimate of drug-likeness (QED) is 0.486. The molecule has 0 aliphatic heterocycles. The highest BCUT2D eigenvalue weighted by Crippen LogP contribution is 2.36. The van der Waals surface area contributed by atoms with Gasteiger partial charge in [0.1, 0.15) is 0 Å². The van der Waals surface area contributed by atoms with E-state index in [1.165, 1.54) is 5.39 Å². The van der Waals surface area contributed by atoms with Crippen molar-refractivity contribution in [2.24, 2.45) is 11.1 Å². The van der Waals surface area contributed by atoms with Gasteiger partial charge in [-0.25, -0.2) is 0 Å². The maximum Gasteiger partial charge on any atom is 0.0895 e. The minimum absolute atomic E-state index is 0.456. The lowest BCUT2D eigenvalue weighted by Gasteiger charge is -2.23. The van der Waals surface area contributed by atoms with Crippen molar-refractivity contribution >= 4 is 27.5 Å². The number of hydrogen-bond acceptors (Lipinski definition) is 3. The lowest BCUT2D eigenvalue weighted by Crippen LogP contribution is -2.21. The molecule has 106 valence electrons. The summed E-state index contributed by atoms with van der Waals surface area (Å²) in [5, 5.41) is 15.3. The zero-order valence-electron chi connectivity index (χ0n) is 12.1. The number of nitrogens with one attached hydrogen (secondary N) is 1. The molecule has 3 aromatic rings. The van der Waals surface area contributed by atoms with E-state index in [9.17, 15) is 5.21 Å². The van der Waals surface area contributed by atoms with Crippen molar-refractivity contribution in [2.75, 3.05) is 0 Å². The Morgan fingerprint density at radius 3 is 2.90 bits per heavy atom. The minimum Gasteiger partial charge on any atom is -0.411 e. The second-order valence-corrected chi connectivity index (χ2v) is 6.00. The highest BCUT2D eigenvalue weighted by molar-refractivity contribution is 6.20. The van der Waals surface area contributed by atoms with Crippen LogP contribution in [0.4, 0.5) is 0 Å². The lowest BCUT2D eigenvalue weighted by molar-refractivity contribution is 0.316. The Kier molecular flexibility index (Phi) is 2.55.